The topological polar surface area (TPSA) is 108 Å². The zero-order valence-corrected chi connectivity index (χ0v) is 21.3. The fourth-order valence-electron chi connectivity index (χ4n) is 4.66. The summed E-state index contributed by atoms with van der Waals surface area (Å²) in [6.07, 6.45) is 5.00. The normalized spacial score (nSPS) is 19.4. The molecule has 2 aliphatic heterocycles. The van der Waals surface area contributed by atoms with E-state index >= 15 is 0 Å². The van der Waals surface area contributed by atoms with Gasteiger partial charge in [0.15, 0.2) is 0 Å². The van der Waals surface area contributed by atoms with E-state index in [2.05, 4.69) is 32.7 Å². The van der Waals surface area contributed by atoms with Gasteiger partial charge in [-0.15, -0.1) is 10.2 Å². The summed E-state index contributed by atoms with van der Waals surface area (Å²) in [6, 6.07) is 8.03. The first-order valence-corrected chi connectivity index (χ1v) is 13.2. The molecule has 2 aliphatic rings. The molecule has 1 aromatic heterocycles. The zero-order valence-electron chi connectivity index (χ0n) is 20.5. The van der Waals surface area contributed by atoms with Crippen LogP contribution in [-0.4, -0.2) is 76.5 Å². The molecule has 1 aromatic carbocycles. The van der Waals surface area contributed by atoms with Crippen LogP contribution in [0.4, 0.5) is 5.69 Å². The van der Waals surface area contributed by atoms with E-state index in [0.29, 0.717) is 44.2 Å². The second-order valence-corrected chi connectivity index (χ2v) is 10.4. The molecule has 9 nitrogen and oxygen atoms in total. The molecule has 0 spiro atoms. The summed E-state index contributed by atoms with van der Waals surface area (Å²) in [5.41, 5.74) is 1.76. The van der Waals surface area contributed by atoms with Crippen molar-refractivity contribution < 1.29 is 14.4 Å². The van der Waals surface area contributed by atoms with Crippen molar-refractivity contribution in [3.05, 3.63) is 39.8 Å². The van der Waals surface area contributed by atoms with Gasteiger partial charge in [0.1, 0.15) is 0 Å². The number of piperidine rings is 2. The van der Waals surface area contributed by atoms with E-state index in [-0.39, 0.29) is 33.7 Å². The van der Waals surface area contributed by atoms with Gasteiger partial charge in [0, 0.05) is 43.8 Å². The average Bonchev–Trinajstić information content (AvgIpc) is 3.37. The van der Waals surface area contributed by atoms with Crippen molar-refractivity contribution in [2.24, 2.45) is 5.92 Å². The summed E-state index contributed by atoms with van der Waals surface area (Å²) in [6.45, 7) is 7.88. The molecular weight excluding hydrogens is 464 g/mol. The van der Waals surface area contributed by atoms with Crippen LogP contribution >= 0.6 is 11.3 Å². The van der Waals surface area contributed by atoms with Gasteiger partial charge < -0.3 is 15.5 Å². The fourth-order valence-corrected chi connectivity index (χ4v) is 5.37. The van der Waals surface area contributed by atoms with Crippen LogP contribution in [0.1, 0.15) is 64.2 Å². The van der Waals surface area contributed by atoms with Gasteiger partial charge in [-0.25, -0.2) is 0 Å². The fraction of sp³-hybridized carbons (Fsp3) is 0.560. The first-order chi connectivity index (χ1) is 16.9. The van der Waals surface area contributed by atoms with Crippen LogP contribution in [-0.2, 0) is 4.79 Å². The van der Waals surface area contributed by atoms with Crippen molar-refractivity contribution >= 4 is 34.7 Å². The quantitative estimate of drug-likeness (QED) is 0.608. The molecule has 3 amide bonds. The Bertz CT molecular complexity index is 1030. The number of hydrogen-bond acceptors (Lipinski definition) is 7. The SMILES string of the molecule is Cc1ccc(NC(=O)c2nnc(C(=O)N3CCC(C(=O)NCCN4CCCCC4C)CC3)s2)cc1. The minimum Gasteiger partial charge on any atom is -0.355 e. The van der Waals surface area contributed by atoms with E-state index in [0.717, 1.165) is 30.0 Å². The van der Waals surface area contributed by atoms with Crippen LogP contribution in [0.15, 0.2) is 24.3 Å². The molecular formula is C25H34N6O3S. The van der Waals surface area contributed by atoms with Crippen molar-refractivity contribution in [3.8, 4) is 0 Å². The van der Waals surface area contributed by atoms with Crippen LogP contribution in [0.3, 0.4) is 0 Å². The van der Waals surface area contributed by atoms with E-state index in [1.54, 1.807) is 4.90 Å². The van der Waals surface area contributed by atoms with Gasteiger partial charge in [-0.05, 0) is 58.2 Å². The predicted molar refractivity (Wildman–Crippen MR) is 136 cm³/mol. The number of amides is 3. The summed E-state index contributed by atoms with van der Waals surface area (Å²) in [7, 11) is 0. The Labute approximate surface area is 210 Å². The summed E-state index contributed by atoms with van der Waals surface area (Å²) in [5.74, 6) is -0.634. The maximum absolute atomic E-state index is 12.9. The standard InChI is InChI=1S/C25H34N6O3S/c1-17-6-8-20(9-7-17)27-22(33)23-28-29-24(35-23)25(34)31-14-10-19(11-15-31)21(32)26-12-16-30-13-4-3-5-18(30)2/h6-9,18-19H,3-5,10-16H2,1-2H3,(H,26,32)(H,27,33). The first-order valence-electron chi connectivity index (χ1n) is 12.4. The average molecular weight is 499 g/mol. The number of nitrogens with zero attached hydrogens (tertiary/aromatic N) is 4. The Morgan fingerprint density at radius 2 is 1.71 bits per heavy atom. The van der Waals surface area contributed by atoms with Crippen molar-refractivity contribution in [2.75, 3.05) is 38.0 Å². The molecule has 10 heteroatoms. The number of carbonyl (C=O) groups is 3. The summed E-state index contributed by atoms with van der Waals surface area (Å²) in [4.78, 5) is 42.1. The van der Waals surface area contributed by atoms with Crippen molar-refractivity contribution in [1.29, 1.82) is 0 Å². The zero-order chi connectivity index (χ0) is 24.8. The predicted octanol–water partition coefficient (Wildman–Crippen LogP) is 2.94. The monoisotopic (exact) mass is 498 g/mol. The van der Waals surface area contributed by atoms with Crippen LogP contribution in [0, 0.1) is 12.8 Å². The second-order valence-electron chi connectivity index (χ2n) is 9.47. The highest BCUT2D eigenvalue weighted by molar-refractivity contribution is 7.15. The number of hydrogen-bond donors (Lipinski definition) is 2. The van der Waals surface area contributed by atoms with Crippen LogP contribution in [0.2, 0.25) is 0 Å². The first kappa shape index (κ1) is 25.2. The maximum atomic E-state index is 12.9. The molecule has 188 valence electrons. The second kappa shape index (κ2) is 11.7. The lowest BCUT2D eigenvalue weighted by Crippen LogP contribution is -2.46. The van der Waals surface area contributed by atoms with Crippen LogP contribution in [0.25, 0.3) is 0 Å². The molecule has 0 bridgehead atoms. The number of carbonyl (C=O) groups excluding carboxylic acids is 3. The minimum absolute atomic E-state index is 0.0766. The Morgan fingerprint density at radius 3 is 2.43 bits per heavy atom. The van der Waals surface area contributed by atoms with Gasteiger partial charge in [-0.1, -0.05) is 35.5 Å². The largest absolute Gasteiger partial charge is 0.355 e. The van der Waals surface area contributed by atoms with Gasteiger partial charge in [0.25, 0.3) is 11.8 Å². The third-order valence-electron chi connectivity index (χ3n) is 6.90. The van der Waals surface area contributed by atoms with Crippen LogP contribution in [0.5, 0.6) is 0 Å². The lowest BCUT2D eigenvalue weighted by atomic mass is 9.96. The van der Waals surface area contributed by atoms with E-state index in [9.17, 15) is 14.4 Å². The molecule has 0 radical (unpaired) electrons. The van der Waals surface area contributed by atoms with Gasteiger partial charge >= 0.3 is 0 Å². The lowest BCUT2D eigenvalue weighted by molar-refractivity contribution is -0.126. The van der Waals surface area contributed by atoms with E-state index in [4.69, 9.17) is 0 Å². The van der Waals surface area contributed by atoms with Gasteiger partial charge in [-0.2, -0.15) is 0 Å². The van der Waals surface area contributed by atoms with E-state index in [1.165, 1.54) is 19.3 Å². The highest BCUT2D eigenvalue weighted by Crippen LogP contribution is 2.21. The number of aryl methyl sites for hydroxylation is 1. The van der Waals surface area contributed by atoms with Gasteiger partial charge in [-0.3, -0.25) is 19.3 Å². The van der Waals surface area contributed by atoms with Crippen LogP contribution < -0.4 is 10.6 Å². The number of anilines is 1. The smallest absolute Gasteiger partial charge is 0.286 e. The van der Waals surface area contributed by atoms with E-state index < -0.39 is 0 Å². The Balaban J connectivity index is 1.21. The van der Waals surface area contributed by atoms with E-state index in [1.807, 2.05) is 31.2 Å². The van der Waals surface area contributed by atoms with Gasteiger partial charge in [0.05, 0.1) is 0 Å². The summed E-state index contributed by atoms with van der Waals surface area (Å²) in [5, 5.41) is 14.0. The molecule has 2 aromatic rings. The Hall–Kier alpha value is -2.85. The molecule has 3 heterocycles. The third kappa shape index (κ3) is 6.64. The molecule has 35 heavy (non-hydrogen) atoms. The number of benzene rings is 1. The summed E-state index contributed by atoms with van der Waals surface area (Å²) >= 11 is 0.988. The lowest BCUT2D eigenvalue weighted by Gasteiger charge is -2.34. The Morgan fingerprint density at radius 1 is 1.00 bits per heavy atom. The van der Waals surface area contributed by atoms with Crippen molar-refractivity contribution in [2.45, 2.75) is 52.0 Å². The van der Waals surface area contributed by atoms with Gasteiger partial charge in [0.2, 0.25) is 15.9 Å². The number of likely N-dealkylation sites (tertiary alicyclic amines) is 2. The number of rotatable bonds is 7. The molecule has 1 unspecified atom stereocenters. The number of nitrogens with one attached hydrogen (secondary N) is 2. The highest BCUT2D eigenvalue weighted by Gasteiger charge is 2.30. The van der Waals surface area contributed by atoms with Crippen molar-refractivity contribution in [1.82, 2.24) is 25.3 Å². The number of aromatic nitrogens is 2. The molecule has 4 rings (SSSR count). The van der Waals surface area contributed by atoms with Crippen molar-refractivity contribution in [3.63, 3.8) is 0 Å². The Kier molecular flexibility index (Phi) is 8.46. The molecule has 1 atom stereocenters. The molecule has 2 saturated heterocycles. The minimum atomic E-state index is -0.389. The molecule has 0 aliphatic carbocycles. The highest BCUT2D eigenvalue weighted by atomic mass is 32.1. The summed E-state index contributed by atoms with van der Waals surface area (Å²) < 4.78 is 0. The maximum Gasteiger partial charge on any atom is 0.286 e. The molecule has 2 fully saturated rings. The third-order valence-corrected chi connectivity index (χ3v) is 7.81. The molecule has 0 saturated carbocycles. The molecule has 2 N–H and O–H groups in total.